The average molecular weight is 632 g/mol. The number of benzene rings is 3. The van der Waals surface area contributed by atoms with E-state index in [1.54, 1.807) is 23.3 Å². The van der Waals surface area contributed by atoms with Gasteiger partial charge in [0.15, 0.2) is 0 Å². The normalized spacial score (nSPS) is 18.9. The highest BCUT2D eigenvalue weighted by Gasteiger charge is 2.55. The van der Waals surface area contributed by atoms with Crippen molar-refractivity contribution < 1.29 is 27.9 Å². The number of carbonyl (C=O) groups excluding carboxylic acids is 3. The van der Waals surface area contributed by atoms with Gasteiger partial charge in [-0.15, -0.1) is 0 Å². The van der Waals surface area contributed by atoms with Gasteiger partial charge in [0.2, 0.25) is 11.8 Å². The molecule has 2 heterocycles. The lowest BCUT2D eigenvalue weighted by atomic mass is 9.97. The molecule has 3 aromatic carbocycles. The molecule has 3 amide bonds. The Bertz CT molecular complexity index is 1760. The lowest BCUT2D eigenvalue weighted by Crippen LogP contribution is -2.48. The Morgan fingerprint density at radius 2 is 1.78 bits per heavy atom. The van der Waals surface area contributed by atoms with Gasteiger partial charge in [0.05, 0.1) is 17.7 Å². The van der Waals surface area contributed by atoms with E-state index in [2.05, 4.69) is 10.6 Å². The van der Waals surface area contributed by atoms with E-state index in [0.717, 1.165) is 34.1 Å². The number of ether oxygens (including phenoxy) is 1. The molecule has 10 heteroatoms. The van der Waals surface area contributed by atoms with E-state index in [0.29, 0.717) is 30.0 Å². The van der Waals surface area contributed by atoms with E-state index < -0.39 is 23.6 Å². The molecule has 0 spiro atoms. The van der Waals surface area contributed by atoms with Crippen LogP contribution in [0.2, 0.25) is 5.02 Å². The Hall–Kier alpha value is -4.37. The van der Waals surface area contributed by atoms with Gasteiger partial charge in [-0.3, -0.25) is 9.59 Å². The average Bonchev–Trinajstić information content (AvgIpc) is 3.39. The number of amides is 3. The first-order chi connectivity index (χ1) is 21.5. The molecule has 8 nitrogen and oxygen atoms in total. The number of furan rings is 1. The number of nitrogens with zero attached hydrogens (tertiary/aromatic N) is 1. The summed E-state index contributed by atoms with van der Waals surface area (Å²) >= 11 is 5.89. The summed E-state index contributed by atoms with van der Waals surface area (Å²) in [6.45, 7) is 5.76. The molecular weight excluding hydrogens is 597 g/mol. The third-order valence-corrected chi connectivity index (χ3v) is 8.54. The first-order valence-corrected chi connectivity index (χ1v) is 15.4. The van der Waals surface area contributed by atoms with Gasteiger partial charge in [0.25, 0.3) is 0 Å². The number of alkyl carbamates (subject to hydrolysis) is 1. The van der Waals surface area contributed by atoms with Crippen LogP contribution in [0.15, 0.2) is 71.3 Å². The molecule has 1 unspecified atom stereocenters. The fourth-order valence-corrected chi connectivity index (χ4v) is 6.25. The zero-order valence-corrected chi connectivity index (χ0v) is 26.1. The van der Waals surface area contributed by atoms with Crippen LogP contribution in [0.1, 0.15) is 50.3 Å². The highest BCUT2D eigenvalue weighted by atomic mass is 35.5. The van der Waals surface area contributed by atoms with Crippen molar-refractivity contribution in [1.82, 2.24) is 15.5 Å². The molecule has 3 atom stereocenters. The van der Waals surface area contributed by atoms with Crippen molar-refractivity contribution in [1.29, 1.82) is 0 Å². The van der Waals surface area contributed by atoms with Gasteiger partial charge < -0.3 is 24.7 Å². The van der Waals surface area contributed by atoms with Gasteiger partial charge in [-0.05, 0) is 80.5 Å². The second-order valence-corrected chi connectivity index (χ2v) is 13.2. The van der Waals surface area contributed by atoms with Crippen molar-refractivity contribution >= 4 is 40.5 Å². The monoisotopic (exact) mass is 631 g/mol. The van der Waals surface area contributed by atoms with Crippen LogP contribution in [0.3, 0.4) is 0 Å². The summed E-state index contributed by atoms with van der Waals surface area (Å²) in [6.07, 6.45) is 2.76. The number of halogens is 2. The number of rotatable bonds is 8. The summed E-state index contributed by atoms with van der Waals surface area (Å²) in [5.74, 6) is -0.657. The molecule has 1 aliphatic carbocycles. The van der Waals surface area contributed by atoms with E-state index in [-0.39, 0.29) is 35.8 Å². The van der Waals surface area contributed by atoms with Crippen molar-refractivity contribution in [2.75, 3.05) is 0 Å². The van der Waals surface area contributed by atoms with Crippen molar-refractivity contribution in [3.05, 3.63) is 94.5 Å². The molecule has 1 saturated heterocycles. The number of carbonyl (C=O) groups is 3. The first kappa shape index (κ1) is 30.6. The summed E-state index contributed by atoms with van der Waals surface area (Å²) in [5, 5.41) is 6.44. The predicted molar refractivity (Wildman–Crippen MR) is 169 cm³/mol. The van der Waals surface area contributed by atoms with Crippen LogP contribution in [-0.2, 0) is 33.8 Å². The summed E-state index contributed by atoms with van der Waals surface area (Å²) in [6, 6.07) is 17.6. The SMILES string of the molecule is CC(C)(C)OC(=O)NCc1ccc(-c2cc(CC(=O)N3C4C[C@@H]4C[C@H]3C(=O)NCc3cccc(Cl)c3F)cc3ccoc23)cc1. The summed E-state index contributed by atoms with van der Waals surface area (Å²) < 4.78 is 25.5. The smallest absolute Gasteiger partial charge is 0.407 e. The van der Waals surface area contributed by atoms with Gasteiger partial charge in [-0.2, -0.15) is 0 Å². The molecule has 1 aliphatic heterocycles. The molecule has 2 aliphatic rings. The zero-order valence-electron chi connectivity index (χ0n) is 25.4. The number of likely N-dealkylation sites (tertiary alicyclic amines) is 1. The lowest BCUT2D eigenvalue weighted by Gasteiger charge is -2.27. The van der Waals surface area contributed by atoms with Gasteiger partial charge in [-0.1, -0.05) is 48.0 Å². The van der Waals surface area contributed by atoms with Crippen molar-refractivity contribution in [3.63, 3.8) is 0 Å². The van der Waals surface area contributed by atoms with Gasteiger partial charge in [0.1, 0.15) is 23.0 Å². The van der Waals surface area contributed by atoms with Crippen LogP contribution in [0, 0.1) is 11.7 Å². The number of fused-ring (bicyclic) bond motifs is 2. The maximum Gasteiger partial charge on any atom is 0.407 e. The molecule has 2 fully saturated rings. The van der Waals surface area contributed by atoms with E-state index in [9.17, 15) is 18.8 Å². The van der Waals surface area contributed by atoms with Gasteiger partial charge in [-0.25, -0.2) is 9.18 Å². The zero-order chi connectivity index (χ0) is 31.9. The largest absolute Gasteiger partial charge is 0.464 e. The summed E-state index contributed by atoms with van der Waals surface area (Å²) in [7, 11) is 0. The fraction of sp³-hybridized carbons (Fsp3) is 0.343. The molecule has 1 saturated carbocycles. The van der Waals surface area contributed by atoms with Crippen LogP contribution in [0.4, 0.5) is 9.18 Å². The van der Waals surface area contributed by atoms with Crippen molar-refractivity contribution in [2.45, 2.75) is 70.8 Å². The molecule has 234 valence electrons. The molecule has 0 radical (unpaired) electrons. The van der Waals surface area contributed by atoms with E-state index in [1.807, 2.05) is 63.2 Å². The lowest BCUT2D eigenvalue weighted by molar-refractivity contribution is -0.139. The summed E-state index contributed by atoms with van der Waals surface area (Å²) in [4.78, 5) is 40.7. The minimum atomic E-state index is -0.595. The highest BCUT2D eigenvalue weighted by molar-refractivity contribution is 6.30. The fourth-order valence-electron chi connectivity index (χ4n) is 6.05. The van der Waals surface area contributed by atoms with Crippen molar-refractivity contribution in [3.8, 4) is 11.1 Å². The van der Waals surface area contributed by atoms with Gasteiger partial charge in [0, 0.05) is 35.6 Å². The molecule has 45 heavy (non-hydrogen) atoms. The van der Waals surface area contributed by atoms with Crippen LogP contribution < -0.4 is 10.6 Å². The summed E-state index contributed by atoms with van der Waals surface area (Å²) in [5.41, 5.74) is 3.89. The van der Waals surface area contributed by atoms with Crippen LogP contribution in [0.25, 0.3) is 22.1 Å². The molecule has 6 rings (SSSR count). The second kappa shape index (κ2) is 12.2. The van der Waals surface area contributed by atoms with Gasteiger partial charge >= 0.3 is 6.09 Å². The van der Waals surface area contributed by atoms with Crippen LogP contribution in [0.5, 0.6) is 0 Å². The van der Waals surface area contributed by atoms with Crippen LogP contribution >= 0.6 is 11.6 Å². The van der Waals surface area contributed by atoms with E-state index >= 15 is 0 Å². The molecular formula is C35H35ClFN3O5. The Morgan fingerprint density at radius 1 is 1.00 bits per heavy atom. The minimum absolute atomic E-state index is 0.000715. The molecule has 2 N–H and O–H groups in total. The number of hydrogen-bond donors (Lipinski definition) is 2. The number of hydrogen-bond acceptors (Lipinski definition) is 5. The second-order valence-electron chi connectivity index (χ2n) is 12.8. The Morgan fingerprint density at radius 3 is 2.53 bits per heavy atom. The third-order valence-electron chi connectivity index (χ3n) is 8.25. The Labute approximate surface area is 265 Å². The maximum absolute atomic E-state index is 14.3. The van der Waals surface area contributed by atoms with Crippen molar-refractivity contribution in [2.24, 2.45) is 5.92 Å². The Kier molecular flexibility index (Phi) is 8.31. The first-order valence-electron chi connectivity index (χ1n) is 15.0. The highest BCUT2D eigenvalue weighted by Crippen LogP contribution is 2.48. The minimum Gasteiger partial charge on any atom is -0.464 e. The standard InChI is InChI=1S/C35H35ClFN3O5/c1-35(2,3)45-34(43)39-18-20-7-9-22(10-8-20)26-14-21(13-23-11-12-44-32(23)26)15-30(41)40-28-16-25(28)17-29(40)33(42)38-19-24-5-4-6-27(36)31(24)37/h4-14,25,28-29H,15-19H2,1-3H3,(H,38,42)(H,39,43)/t25-,28?,29+/m1/s1. The number of piperidine rings is 1. The third kappa shape index (κ3) is 6.83. The van der Waals surface area contributed by atoms with E-state index in [4.69, 9.17) is 20.8 Å². The predicted octanol–water partition coefficient (Wildman–Crippen LogP) is 6.77. The molecule has 0 bridgehead atoms. The van der Waals surface area contributed by atoms with E-state index in [1.165, 1.54) is 6.07 Å². The van der Waals surface area contributed by atoms with Crippen LogP contribution in [-0.4, -0.2) is 40.5 Å². The molecule has 4 aromatic rings. The quantitative estimate of drug-likeness (QED) is 0.224. The Balaban J connectivity index is 1.15. The maximum atomic E-state index is 14.3. The molecule has 1 aromatic heterocycles. The number of nitrogens with one attached hydrogen (secondary N) is 2. The topological polar surface area (TPSA) is 101 Å².